The van der Waals surface area contributed by atoms with Gasteiger partial charge in [0.05, 0.1) is 32.0 Å². The average molecular weight is 767 g/mol. The van der Waals surface area contributed by atoms with Gasteiger partial charge in [-0.15, -0.1) is 0 Å². The van der Waals surface area contributed by atoms with Gasteiger partial charge in [0.15, 0.2) is 0 Å². The summed E-state index contributed by atoms with van der Waals surface area (Å²) >= 11 is 0. The smallest absolute Gasteiger partial charge is 0.323 e. The van der Waals surface area contributed by atoms with Gasteiger partial charge in [-0.2, -0.15) is 0 Å². The zero-order valence-electron chi connectivity index (χ0n) is 29.7. The van der Waals surface area contributed by atoms with Gasteiger partial charge in [-0.05, 0) is 38.2 Å². The van der Waals surface area contributed by atoms with Crippen LogP contribution >= 0.6 is 0 Å². The predicted octanol–water partition coefficient (Wildman–Crippen LogP) is -6.01. The van der Waals surface area contributed by atoms with E-state index in [9.17, 15) is 63.9 Å². The molecule has 1 aliphatic heterocycles. The molecule has 2 rings (SSSR count). The number of carboxylic acid groups (broad SMARTS) is 1. The normalized spacial score (nSPS) is 23.0. The maximum Gasteiger partial charge on any atom is 0.323 e. The first-order valence-electron chi connectivity index (χ1n) is 17.2. The largest absolute Gasteiger partial charge is 0.480 e. The molecule has 1 saturated heterocycles. The molecule has 1 aromatic carbocycles. The lowest BCUT2D eigenvalue weighted by molar-refractivity contribution is -0.141. The van der Waals surface area contributed by atoms with Gasteiger partial charge in [-0.3, -0.25) is 43.7 Å². The highest BCUT2D eigenvalue weighted by Crippen LogP contribution is 2.08. The number of aliphatic carboxylic acids is 1. The Morgan fingerprint density at radius 2 is 1.52 bits per heavy atom. The Labute approximate surface area is 310 Å². The third kappa shape index (κ3) is 14.7. The Bertz CT molecular complexity index is 1460. The molecule has 14 N–H and O–H groups in total. The molecule has 0 radical (unpaired) electrons. The van der Waals surface area contributed by atoms with Crippen molar-refractivity contribution < 1.29 is 63.9 Å². The number of nitrogens with one attached hydrogen (secondary N) is 7. The van der Waals surface area contributed by atoms with Crippen LogP contribution in [0.1, 0.15) is 44.6 Å². The number of aliphatic hydroxyl groups excluding tert-OH is 4. The van der Waals surface area contributed by atoms with E-state index in [1.165, 1.54) is 0 Å². The van der Waals surface area contributed by atoms with Gasteiger partial charge in [0.25, 0.3) is 0 Å². The van der Waals surface area contributed by atoms with Crippen molar-refractivity contribution in [2.45, 2.75) is 93.8 Å². The van der Waals surface area contributed by atoms with Gasteiger partial charge in [-0.25, -0.2) is 0 Å². The highest BCUT2D eigenvalue weighted by molar-refractivity contribution is 5.97. The maximum atomic E-state index is 13.4. The fraction of sp³-hybridized carbons (Fsp3) is 0.576. The molecule has 0 aromatic heterocycles. The summed E-state index contributed by atoms with van der Waals surface area (Å²) in [7, 11) is 0. The van der Waals surface area contributed by atoms with Crippen LogP contribution in [0.25, 0.3) is 0 Å². The summed E-state index contributed by atoms with van der Waals surface area (Å²) in [5.74, 6) is -8.15. The molecule has 8 atom stereocenters. The highest BCUT2D eigenvalue weighted by Gasteiger charge is 2.35. The SMILES string of the molecule is C[C@@H](O)[C@@H]1NC(=O)C(N[C@@H](CO)C(=O)O)CCC(=O)NCCCCC(C(=O)N[C@@H](CO)C(=O)N[C@@H](Cc2ccccc2)C(N)=O)NC(=O)[C@H](CO)NC1=O. The molecule has 2 unspecified atom stereocenters. The molecular formula is C33H50N8O13. The number of primary amides is 1. The molecule has 1 heterocycles. The first-order chi connectivity index (χ1) is 25.6. The monoisotopic (exact) mass is 766 g/mol. The van der Waals surface area contributed by atoms with E-state index in [0.717, 1.165) is 6.92 Å². The van der Waals surface area contributed by atoms with E-state index in [2.05, 4.69) is 37.2 Å². The second kappa shape index (κ2) is 22.8. The molecule has 0 aliphatic carbocycles. The Morgan fingerprint density at radius 3 is 2.09 bits per heavy atom. The first kappa shape index (κ1) is 44.9. The molecule has 21 nitrogen and oxygen atoms in total. The molecule has 1 fully saturated rings. The van der Waals surface area contributed by atoms with Crippen LogP contribution in [0.2, 0.25) is 0 Å². The number of carbonyl (C=O) groups is 8. The standard InChI is InChI=1S/C33H50N8O13/c1-17(45)26-32(52)40-23(15-43)30(50)37-19(9-5-6-12-35-25(46)11-10-20(29(49)41-26)36-24(16-44)33(53)54)28(48)39-22(14-42)31(51)38-21(27(34)47)13-18-7-3-2-4-8-18/h2-4,7-8,17,19-24,26,36,42-45H,5-6,9-16H2,1H3,(H2,34,47)(H,35,46)(H,37,50)(H,38,51)(H,39,48)(H,40,52)(H,41,49)(H,53,54)/t17-,19?,20?,21+,22+,23+,24+,26+/m1/s1. The van der Waals surface area contributed by atoms with Crippen LogP contribution in [0.4, 0.5) is 0 Å². The molecule has 1 aliphatic rings. The number of benzene rings is 1. The third-order valence-corrected chi connectivity index (χ3v) is 8.37. The maximum absolute atomic E-state index is 13.4. The van der Waals surface area contributed by atoms with E-state index in [-0.39, 0.29) is 45.1 Å². The fourth-order valence-corrected chi connectivity index (χ4v) is 5.27. The van der Waals surface area contributed by atoms with Crippen molar-refractivity contribution in [3.05, 3.63) is 35.9 Å². The van der Waals surface area contributed by atoms with Crippen molar-refractivity contribution in [2.75, 3.05) is 26.4 Å². The minimum Gasteiger partial charge on any atom is -0.480 e. The number of hydrogen-bond donors (Lipinski definition) is 13. The van der Waals surface area contributed by atoms with Crippen LogP contribution in [0, 0.1) is 0 Å². The second-order valence-electron chi connectivity index (χ2n) is 12.6. The van der Waals surface area contributed by atoms with E-state index >= 15 is 0 Å². The summed E-state index contributed by atoms with van der Waals surface area (Å²) in [6.07, 6.45) is -1.88. The summed E-state index contributed by atoms with van der Waals surface area (Å²) in [5, 5.41) is 65.6. The summed E-state index contributed by atoms with van der Waals surface area (Å²) in [4.78, 5) is 102. The van der Waals surface area contributed by atoms with Crippen LogP contribution in [-0.2, 0) is 44.8 Å². The molecule has 1 aromatic rings. The third-order valence-electron chi connectivity index (χ3n) is 8.37. The Kier molecular flexibility index (Phi) is 18.9. The van der Waals surface area contributed by atoms with Crippen molar-refractivity contribution in [2.24, 2.45) is 5.73 Å². The molecule has 0 saturated carbocycles. The number of amides is 7. The number of aliphatic hydroxyl groups is 4. The van der Waals surface area contributed by atoms with Gasteiger partial charge < -0.3 is 63.2 Å². The number of carboxylic acids is 1. The number of hydrogen-bond acceptors (Lipinski definition) is 13. The zero-order chi connectivity index (χ0) is 40.4. The minimum absolute atomic E-state index is 0.0173. The van der Waals surface area contributed by atoms with E-state index in [0.29, 0.717) is 5.56 Å². The van der Waals surface area contributed by atoms with Gasteiger partial charge in [0, 0.05) is 19.4 Å². The Morgan fingerprint density at radius 1 is 0.852 bits per heavy atom. The average Bonchev–Trinajstić information content (AvgIpc) is 3.13. The van der Waals surface area contributed by atoms with Crippen molar-refractivity contribution in [1.82, 2.24) is 37.2 Å². The van der Waals surface area contributed by atoms with Gasteiger partial charge in [0.2, 0.25) is 41.4 Å². The van der Waals surface area contributed by atoms with E-state index < -0.39 is 116 Å². The van der Waals surface area contributed by atoms with Gasteiger partial charge in [0.1, 0.15) is 36.3 Å². The lowest BCUT2D eigenvalue weighted by Gasteiger charge is -2.28. The van der Waals surface area contributed by atoms with Crippen LogP contribution in [-0.4, -0.2) is 148 Å². The summed E-state index contributed by atoms with van der Waals surface area (Å²) in [6.45, 7) is -1.67. The quantitative estimate of drug-likeness (QED) is 0.0839. The Hall–Kier alpha value is -5.22. The van der Waals surface area contributed by atoms with Crippen molar-refractivity contribution in [3.8, 4) is 0 Å². The topological polar surface area (TPSA) is 348 Å². The van der Waals surface area contributed by atoms with Gasteiger partial charge >= 0.3 is 5.97 Å². The molecule has 0 bridgehead atoms. The van der Waals surface area contributed by atoms with E-state index in [1.54, 1.807) is 30.3 Å². The van der Waals surface area contributed by atoms with Crippen LogP contribution in [0.15, 0.2) is 30.3 Å². The Balaban J connectivity index is 2.28. The molecule has 0 spiro atoms. The first-order valence-corrected chi connectivity index (χ1v) is 17.2. The molecule has 300 valence electrons. The zero-order valence-corrected chi connectivity index (χ0v) is 29.7. The highest BCUT2D eigenvalue weighted by atomic mass is 16.4. The molecule has 54 heavy (non-hydrogen) atoms. The molecule has 21 heteroatoms. The number of nitrogens with two attached hydrogens (primary N) is 1. The molecular weight excluding hydrogens is 716 g/mol. The lowest BCUT2D eigenvalue weighted by atomic mass is 10.0. The molecule has 7 amide bonds. The van der Waals surface area contributed by atoms with Crippen molar-refractivity contribution in [1.29, 1.82) is 0 Å². The van der Waals surface area contributed by atoms with Gasteiger partial charge in [-0.1, -0.05) is 30.3 Å². The lowest BCUT2D eigenvalue weighted by Crippen LogP contribution is -2.62. The van der Waals surface area contributed by atoms with Crippen LogP contribution in [0.3, 0.4) is 0 Å². The summed E-state index contributed by atoms with van der Waals surface area (Å²) in [5.41, 5.74) is 6.14. The summed E-state index contributed by atoms with van der Waals surface area (Å²) < 4.78 is 0. The van der Waals surface area contributed by atoms with E-state index in [4.69, 9.17) is 5.73 Å². The van der Waals surface area contributed by atoms with Crippen LogP contribution in [0.5, 0.6) is 0 Å². The van der Waals surface area contributed by atoms with E-state index in [1.807, 2.05) is 0 Å². The second-order valence-corrected chi connectivity index (χ2v) is 12.6. The number of carbonyl (C=O) groups excluding carboxylic acids is 7. The minimum atomic E-state index is -1.78. The summed E-state index contributed by atoms with van der Waals surface area (Å²) in [6, 6.07) is -2.22. The van der Waals surface area contributed by atoms with Crippen molar-refractivity contribution in [3.63, 3.8) is 0 Å². The predicted molar refractivity (Wildman–Crippen MR) is 186 cm³/mol. The van der Waals surface area contributed by atoms with Crippen LogP contribution < -0.4 is 43.0 Å². The van der Waals surface area contributed by atoms with Crippen molar-refractivity contribution >= 4 is 47.3 Å². The fourth-order valence-electron chi connectivity index (χ4n) is 5.27. The number of rotatable bonds is 14.